The molecule has 6 rings (SSSR count). The molecule has 0 radical (unpaired) electrons. The van der Waals surface area contributed by atoms with Crippen LogP contribution in [0.1, 0.15) is 31.7 Å². The highest BCUT2D eigenvalue weighted by molar-refractivity contribution is 5.78. The minimum absolute atomic E-state index is 0.0122. The number of hydrogen-bond donors (Lipinski definition) is 2. The molecule has 4 aromatic rings. The highest BCUT2D eigenvalue weighted by Gasteiger charge is 2.34. The number of pyridine rings is 1. The molecule has 228 valence electrons. The van der Waals surface area contributed by atoms with Crippen molar-refractivity contribution in [2.24, 2.45) is 11.7 Å². The predicted molar refractivity (Wildman–Crippen MR) is 160 cm³/mol. The Morgan fingerprint density at radius 1 is 1.18 bits per heavy atom. The van der Waals surface area contributed by atoms with Gasteiger partial charge in [0.25, 0.3) is 0 Å². The Labute approximate surface area is 253 Å². The number of amides is 1. The van der Waals surface area contributed by atoms with E-state index in [1.54, 1.807) is 35.6 Å². The molecule has 0 aliphatic carbocycles. The zero-order valence-corrected chi connectivity index (χ0v) is 24.3. The lowest BCUT2D eigenvalue weighted by Crippen LogP contribution is -2.56. The zero-order chi connectivity index (χ0) is 30.8. The maximum atomic E-state index is 15.3. The number of rotatable bonds is 9. The van der Waals surface area contributed by atoms with Gasteiger partial charge in [-0.25, -0.2) is 13.8 Å². The first-order chi connectivity index (χ1) is 21.3. The molecule has 0 spiro atoms. The molecule has 11 nitrogen and oxygen atoms in total. The van der Waals surface area contributed by atoms with Gasteiger partial charge in [-0.1, -0.05) is 6.92 Å². The van der Waals surface area contributed by atoms with Gasteiger partial charge in [-0.3, -0.25) is 9.78 Å². The molecule has 0 unspecified atom stereocenters. The van der Waals surface area contributed by atoms with Crippen LogP contribution in [0.25, 0.3) is 16.8 Å². The SMILES string of the molecule is C[C@H]1CN(c2ccncc2Nc2ncc3ccc(-c4c(F)cc(CN5CCCC5=O)cc4F)nn23)C[C@@H](N)[C@H]1OCCC#N. The van der Waals surface area contributed by atoms with Crippen molar-refractivity contribution < 1.29 is 18.3 Å². The number of ether oxygens (including phenoxy) is 1. The van der Waals surface area contributed by atoms with Crippen molar-refractivity contribution in [2.75, 3.05) is 36.5 Å². The van der Waals surface area contributed by atoms with E-state index < -0.39 is 11.6 Å². The molecular weight excluding hydrogens is 568 g/mol. The van der Waals surface area contributed by atoms with E-state index in [2.05, 4.69) is 38.3 Å². The molecule has 3 N–H and O–H groups in total. The van der Waals surface area contributed by atoms with E-state index >= 15 is 8.78 Å². The molecule has 2 aliphatic heterocycles. The number of hydrogen-bond acceptors (Lipinski definition) is 9. The number of likely N-dealkylation sites (tertiary alicyclic amines) is 1. The lowest BCUT2D eigenvalue weighted by atomic mass is 9.92. The second kappa shape index (κ2) is 12.5. The molecule has 1 aromatic carbocycles. The summed E-state index contributed by atoms with van der Waals surface area (Å²) in [5.74, 6) is -1.07. The van der Waals surface area contributed by atoms with Crippen LogP contribution >= 0.6 is 0 Å². The van der Waals surface area contributed by atoms with Crippen molar-refractivity contribution in [3.63, 3.8) is 0 Å². The van der Waals surface area contributed by atoms with Crippen molar-refractivity contribution in [3.05, 3.63) is 66.1 Å². The van der Waals surface area contributed by atoms with Gasteiger partial charge in [0.2, 0.25) is 11.9 Å². The summed E-state index contributed by atoms with van der Waals surface area (Å²) in [6.07, 6.45) is 6.35. The van der Waals surface area contributed by atoms with Gasteiger partial charge in [0, 0.05) is 50.8 Å². The standard InChI is InChI=1S/C31H33F2N9O2/c1-19-16-41(18-24(35)30(19)44-11-3-8-34)27-7-9-36-15-26(27)38-31-37-14-21-5-6-25(39-42(21)31)29-22(32)12-20(13-23(29)33)17-40-10-2-4-28(40)43/h5-7,9,12-15,19,24,30H,2-4,10-11,16-18,35H2,1H3,(H,37,38)/t19-,24+,30-/m0/s1. The van der Waals surface area contributed by atoms with E-state index in [-0.39, 0.29) is 41.8 Å². The lowest BCUT2D eigenvalue weighted by molar-refractivity contribution is -0.128. The Kier molecular flexibility index (Phi) is 8.36. The monoisotopic (exact) mass is 601 g/mol. The number of nitrogens with zero attached hydrogens (tertiary/aromatic N) is 7. The molecule has 1 amide bonds. The number of imidazole rings is 1. The minimum atomic E-state index is -0.756. The fourth-order valence-electron chi connectivity index (χ4n) is 6.07. The van der Waals surface area contributed by atoms with Gasteiger partial charge < -0.3 is 25.6 Å². The van der Waals surface area contributed by atoms with Crippen LogP contribution in [0, 0.1) is 28.9 Å². The summed E-state index contributed by atoms with van der Waals surface area (Å²) in [4.78, 5) is 24.5. The van der Waals surface area contributed by atoms with Crippen molar-refractivity contribution >= 4 is 28.7 Å². The number of fused-ring (bicyclic) bond motifs is 1. The molecule has 3 atom stereocenters. The molecule has 2 saturated heterocycles. The topological polar surface area (TPSA) is 138 Å². The number of carbonyl (C=O) groups excluding carboxylic acids is 1. The van der Waals surface area contributed by atoms with Gasteiger partial charge in [-0.2, -0.15) is 14.9 Å². The summed E-state index contributed by atoms with van der Waals surface area (Å²) in [6, 6.07) is 9.47. The van der Waals surface area contributed by atoms with Crippen LogP contribution in [0.5, 0.6) is 0 Å². The summed E-state index contributed by atoms with van der Waals surface area (Å²) < 4.78 is 38.0. The molecule has 0 saturated carbocycles. The second-order valence-electron chi connectivity index (χ2n) is 11.3. The predicted octanol–water partition coefficient (Wildman–Crippen LogP) is 4.02. The smallest absolute Gasteiger partial charge is 0.229 e. The van der Waals surface area contributed by atoms with Gasteiger partial charge in [0.1, 0.15) is 11.6 Å². The molecule has 3 aromatic heterocycles. The van der Waals surface area contributed by atoms with Gasteiger partial charge >= 0.3 is 0 Å². The third-order valence-electron chi connectivity index (χ3n) is 8.12. The van der Waals surface area contributed by atoms with Gasteiger partial charge in [-0.15, -0.1) is 0 Å². The maximum Gasteiger partial charge on any atom is 0.229 e. The highest BCUT2D eigenvalue weighted by Crippen LogP contribution is 2.33. The third-order valence-corrected chi connectivity index (χ3v) is 8.12. The number of aromatic nitrogens is 4. The normalized spacial score (nSPS) is 20.3. The lowest BCUT2D eigenvalue weighted by Gasteiger charge is -2.42. The van der Waals surface area contributed by atoms with E-state index in [1.165, 1.54) is 16.6 Å². The molecule has 2 aliphatic rings. The van der Waals surface area contributed by atoms with Crippen molar-refractivity contribution in [1.29, 1.82) is 5.26 Å². The Bertz CT molecular complexity index is 1690. The first kappa shape index (κ1) is 29.4. The maximum absolute atomic E-state index is 15.3. The average molecular weight is 602 g/mol. The quantitative estimate of drug-likeness (QED) is 0.273. The first-order valence-electron chi connectivity index (χ1n) is 14.6. The minimum Gasteiger partial charge on any atom is -0.375 e. The van der Waals surface area contributed by atoms with Crippen LogP contribution in [-0.4, -0.2) is 68.8 Å². The Balaban J connectivity index is 1.24. The average Bonchev–Trinajstić information content (AvgIpc) is 3.59. The molecule has 5 heterocycles. The van der Waals surface area contributed by atoms with Crippen molar-refractivity contribution in [2.45, 2.75) is 44.9 Å². The number of carbonyl (C=O) groups is 1. The second-order valence-corrected chi connectivity index (χ2v) is 11.3. The molecular formula is C31H33F2N9O2. The number of piperidine rings is 1. The molecule has 13 heteroatoms. The number of nitrogens with one attached hydrogen (secondary N) is 1. The Hall–Kier alpha value is -4.67. The fraction of sp³-hybridized carbons (Fsp3) is 0.387. The number of benzene rings is 1. The van der Waals surface area contributed by atoms with Crippen LogP contribution in [0.15, 0.2) is 48.9 Å². The van der Waals surface area contributed by atoms with Crippen LogP contribution in [0.2, 0.25) is 0 Å². The van der Waals surface area contributed by atoms with E-state index in [9.17, 15) is 4.79 Å². The summed E-state index contributed by atoms with van der Waals surface area (Å²) >= 11 is 0. The van der Waals surface area contributed by atoms with E-state index in [1.807, 2.05) is 6.07 Å². The molecule has 2 fully saturated rings. The van der Waals surface area contributed by atoms with Crippen molar-refractivity contribution in [3.8, 4) is 17.3 Å². The third kappa shape index (κ3) is 5.91. The Morgan fingerprint density at radius 2 is 2.00 bits per heavy atom. The summed E-state index contributed by atoms with van der Waals surface area (Å²) in [6.45, 7) is 4.37. The van der Waals surface area contributed by atoms with Crippen LogP contribution in [0.4, 0.5) is 26.1 Å². The fourth-order valence-corrected chi connectivity index (χ4v) is 6.07. The number of nitriles is 1. The van der Waals surface area contributed by atoms with Gasteiger partial charge in [0.05, 0.1) is 65.7 Å². The largest absolute Gasteiger partial charge is 0.375 e. The first-order valence-corrected chi connectivity index (χ1v) is 14.6. The molecule has 44 heavy (non-hydrogen) atoms. The van der Waals surface area contributed by atoms with Crippen molar-refractivity contribution in [1.82, 2.24) is 24.5 Å². The Morgan fingerprint density at radius 3 is 2.73 bits per heavy atom. The molecule has 0 bridgehead atoms. The summed E-state index contributed by atoms with van der Waals surface area (Å²) in [5.41, 5.74) is 8.87. The number of nitrogens with two attached hydrogens (primary N) is 1. The van der Waals surface area contributed by atoms with Crippen LogP contribution < -0.4 is 16.0 Å². The van der Waals surface area contributed by atoms with Gasteiger partial charge in [0.15, 0.2) is 0 Å². The zero-order valence-electron chi connectivity index (χ0n) is 24.3. The van der Waals surface area contributed by atoms with Crippen LogP contribution in [0.3, 0.4) is 0 Å². The highest BCUT2D eigenvalue weighted by atomic mass is 19.1. The summed E-state index contributed by atoms with van der Waals surface area (Å²) in [7, 11) is 0. The van der Waals surface area contributed by atoms with E-state index in [4.69, 9.17) is 15.7 Å². The van der Waals surface area contributed by atoms with E-state index in [0.717, 1.165) is 12.1 Å². The van der Waals surface area contributed by atoms with Gasteiger partial charge in [-0.05, 0) is 42.3 Å². The van der Waals surface area contributed by atoms with E-state index in [0.29, 0.717) is 61.8 Å². The van der Waals surface area contributed by atoms with Crippen LogP contribution in [-0.2, 0) is 16.1 Å². The summed E-state index contributed by atoms with van der Waals surface area (Å²) in [5, 5.41) is 16.7. The number of anilines is 3. The number of halogens is 2.